The molecule has 4 heteroatoms. The maximum atomic E-state index is 9.12. The summed E-state index contributed by atoms with van der Waals surface area (Å²) in [6, 6.07) is 0. The average Bonchev–Trinajstić information content (AvgIpc) is 2.24. The Morgan fingerprint density at radius 1 is 1.14 bits per heavy atom. The molecule has 0 fully saturated rings. The van der Waals surface area contributed by atoms with Crippen LogP contribution in [-0.2, 0) is 4.74 Å². The van der Waals surface area contributed by atoms with Gasteiger partial charge < -0.3 is 20.3 Å². The molecule has 14 heavy (non-hydrogen) atoms. The molecule has 0 heterocycles. The summed E-state index contributed by atoms with van der Waals surface area (Å²) in [6.07, 6.45) is 1.71. The Kier molecular flexibility index (Phi) is 8.08. The second-order valence-electron chi connectivity index (χ2n) is 3.49. The highest BCUT2D eigenvalue weighted by Crippen LogP contribution is 2.07. The van der Waals surface area contributed by atoms with E-state index in [0.29, 0.717) is 19.6 Å². The lowest BCUT2D eigenvalue weighted by Crippen LogP contribution is -2.52. The summed E-state index contributed by atoms with van der Waals surface area (Å²) in [5, 5.41) is 21.3. The predicted molar refractivity (Wildman–Crippen MR) is 56.3 cm³/mol. The molecule has 0 saturated heterocycles. The fourth-order valence-corrected chi connectivity index (χ4v) is 1.15. The molecule has 0 aromatic heterocycles. The molecule has 0 unspecified atom stereocenters. The zero-order valence-electron chi connectivity index (χ0n) is 9.25. The number of nitrogens with one attached hydrogen (secondary N) is 1. The van der Waals surface area contributed by atoms with Crippen LogP contribution >= 0.6 is 0 Å². The van der Waals surface area contributed by atoms with Gasteiger partial charge in [-0.25, -0.2) is 0 Å². The van der Waals surface area contributed by atoms with Crippen LogP contribution in [-0.4, -0.2) is 48.7 Å². The number of rotatable bonds is 9. The van der Waals surface area contributed by atoms with Crippen LogP contribution in [0.25, 0.3) is 0 Å². The van der Waals surface area contributed by atoms with E-state index in [2.05, 4.69) is 12.2 Å². The van der Waals surface area contributed by atoms with E-state index < -0.39 is 5.54 Å². The minimum atomic E-state index is -0.546. The Bertz CT molecular complexity index is 118. The minimum Gasteiger partial charge on any atom is -0.394 e. The molecule has 0 bridgehead atoms. The molecular weight excluding hydrogens is 182 g/mol. The quantitative estimate of drug-likeness (QED) is 0.468. The van der Waals surface area contributed by atoms with Gasteiger partial charge in [-0.15, -0.1) is 0 Å². The second kappa shape index (κ2) is 8.17. The second-order valence-corrected chi connectivity index (χ2v) is 3.49. The van der Waals surface area contributed by atoms with Gasteiger partial charge in [0.2, 0.25) is 0 Å². The maximum absolute atomic E-state index is 9.12. The SMILES string of the molecule is CCCOCCNC(CC)(CO)CO. The van der Waals surface area contributed by atoms with Gasteiger partial charge in [-0.1, -0.05) is 13.8 Å². The smallest absolute Gasteiger partial charge is 0.0646 e. The summed E-state index contributed by atoms with van der Waals surface area (Å²) in [4.78, 5) is 0. The standard InChI is InChI=1S/C10H23NO3/c1-3-6-14-7-5-11-10(4-2,8-12)9-13/h11-13H,3-9H2,1-2H3. The molecule has 0 spiro atoms. The van der Waals surface area contributed by atoms with Crippen LogP contribution in [0, 0.1) is 0 Å². The summed E-state index contributed by atoms with van der Waals surface area (Å²) in [7, 11) is 0. The summed E-state index contributed by atoms with van der Waals surface area (Å²) in [5.74, 6) is 0. The zero-order valence-corrected chi connectivity index (χ0v) is 9.25. The molecule has 0 aliphatic heterocycles. The van der Waals surface area contributed by atoms with E-state index in [1.54, 1.807) is 0 Å². The van der Waals surface area contributed by atoms with Crippen molar-refractivity contribution in [3.05, 3.63) is 0 Å². The summed E-state index contributed by atoms with van der Waals surface area (Å²) >= 11 is 0. The Labute approximate surface area is 86.3 Å². The molecule has 0 aliphatic rings. The first-order valence-corrected chi connectivity index (χ1v) is 5.29. The highest BCUT2D eigenvalue weighted by atomic mass is 16.5. The molecule has 86 valence electrons. The Morgan fingerprint density at radius 3 is 2.21 bits per heavy atom. The van der Waals surface area contributed by atoms with E-state index in [9.17, 15) is 0 Å². The van der Waals surface area contributed by atoms with Crippen LogP contribution < -0.4 is 5.32 Å². The molecule has 0 atom stereocenters. The molecule has 0 saturated carbocycles. The van der Waals surface area contributed by atoms with Crippen molar-refractivity contribution in [1.29, 1.82) is 0 Å². The van der Waals surface area contributed by atoms with E-state index in [0.717, 1.165) is 13.0 Å². The van der Waals surface area contributed by atoms with Gasteiger partial charge in [-0.3, -0.25) is 0 Å². The minimum absolute atomic E-state index is 0.0478. The number of hydrogen-bond acceptors (Lipinski definition) is 4. The van der Waals surface area contributed by atoms with E-state index in [1.165, 1.54) is 0 Å². The van der Waals surface area contributed by atoms with Crippen molar-refractivity contribution in [1.82, 2.24) is 5.32 Å². The first-order chi connectivity index (χ1) is 6.74. The largest absolute Gasteiger partial charge is 0.394 e. The molecule has 0 aromatic rings. The van der Waals surface area contributed by atoms with Crippen LogP contribution in [0.5, 0.6) is 0 Å². The van der Waals surface area contributed by atoms with Crippen LogP contribution in [0.4, 0.5) is 0 Å². The molecule has 0 aliphatic carbocycles. The Balaban J connectivity index is 3.61. The topological polar surface area (TPSA) is 61.7 Å². The maximum Gasteiger partial charge on any atom is 0.0646 e. The van der Waals surface area contributed by atoms with Crippen molar-refractivity contribution in [2.45, 2.75) is 32.2 Å². The third-order valence-corrected chi connectivity index (χ3v) is 2.38. The van der Waals surface area contributed by atoms with Gasteiger partial charge in [0.1, 0.15) is 0 Å². The molecule has 0 aromatic carbocycles. The number of hydrogen-bond donors (Lipinski definition) is 3. The lowest BCUT2D eigenvalue weighted by Gasteiger charge is -2.29. The molecule has 4 nitrogen and oxygen atoms in total. The van der Waals surface area contributed by atoms with Gasteiger partial charge >= 0.3 is 0 Å². The van der Waals surface area contributed by atoms with Gasteiger partial charge in [0.15, 0.2) is 0 Å². The first kappa shape index (κ1) is 13.8. The first-order valence-electron chi connectivity index (χ1n) is 5.29. The van der Waals surface area contributed by atoms with Crippen molar-refractivity contribution in [2.24, 2.45) is 0 Å². The lowest BCUT2D eigenvalue weighted by atomic mass is 9.99. The summed E-state index contributed by atoms with van der Waals surface area (Å²) < 4.78 is 5.29. The fourth-order valence-electron chi connectivity index (χ4n) is 1.15. The molecular formula is C10H23NO3. The van der Waals surface area contributed by atoms with Gasteiger partial charge in [-0.05, 0) is 12.8 Å². The monoisotopic (exact) mass is 205 g/mol. The lowest BCUT2D eigenvalue weighted by molar-refractivity contribution is 0.0723. The van der Waals surface area contributed by atoms with Crippen molar-refractivity contribution in [2.75, 3.05) is 33.0 Å². The highest BCUT2D eigenvalue weighted by Gasteiger charge is 2.24. The van der Waals surface area contributed by atoms with Crippen molar-refractivity contribution < 1.29 is 14.9 Å². The normalized spacial score (nSPS) is 12.0. The zero-order chi connectivity index (χ0) is 10.9. The highest BCUT2D eigenvalue weighted by molar-refractivity contribution is 4.84. The van der Waals surface area contributed by atoms with E-state index in [-0.39, 0.29) is 13.2 Å². The van der Waals surface area contributed by atoms with Crippen LogP contribution in [0.15, 0.2) is 0 Å². The van der Waals surface area contributed by atoms with E-state index in [1.807, 2.05) is 6.92 Å². The molecule has 0 amide bonds. The van der Waals surface area contributed by atoms with Crippen molar-refractivity contribution >= 4 is 0 Å². The predicted octanol–water partition coefficient (Wildman–Crippen LogP) is 0.136. The number of aliphatic hydroxyl groups excluding tert-OH is 2. The van der Waals surface area contributed by atoms with E-state index in [4.69, 9.17) is 14.9 Å². The third kappa shape index (κ3) is 4.91. The molecule has 3 N–H and O–H groups in total. The molecule has 0 radical (unpaired) electrons. The van der Waals surface area contributed by atoms with Crippen LogP contribution in [0.1, 0.15) is 26.7 Å². The summed E-state index contributed by atoms with van der Waals surface area (Å²) in [5.41, 5.74) is -0.546. The third-order valence-electron chi connectivity index (χ3n) is 2.38. The fraction of sp³-hybridized carbons (Fsp3) is 1.00. The van der Waals surface area contributed by atoms with Crippen molar-refractivity contribution in [3.63, 3.8) is 0 Å². The Morgan fingerprint density at radius 2 is 1.79 bits per heavy atom. The van der Waals surface area contributed by atoms with E-state index >= 15 is 0 Å². The average molecular weight is 205 g/mol. The summed E-state index contributed by atoms with van der Waals surface area (Å²) in [6.45, 7) is 5.95. The number of ether oxygens (including phenoxy) is 1. The van der Waals surface area contributed by atoms with Crippen LogP contribution in [0.3, 0.4) is 0 Å². The Hall–Kier alpha value is -0.160. The number of aliphatic hydroxyl groups is 2. The van der Waals surface area contributed by atoms with Crippen molar-refractivity contribution in [3.8, 4) is 0 Å². The van der Waals surface area contributed by atoms with Gasteiger partial charge in [0.05, 0.1) is 25.4 Å². The molecule has 0 rings (SSSR count). The van der Waals surface area contributed by atoms with Crippen LogP contribution in [0.2, 0.25) is 0 Å². The van der Waals surface area contributed by atoms with Gasteiger partial charge in [0, 0.05) is 13.2 Å². The van der Waals surface area contributed by atoms with Gasteiger partial charge in [0.25, 0.3) is 0 Å². The van der Waals surface area contributed by atoms with Gasteiger partial charge in [-0.2, -0.15) is 0 Å².